The van der Waals surface area contributed by atoms with Crippen LogP contribution in [0.5, 0.6) is 40.2 Å². The van der Waals surface area contributed by atoms with Crippen molar-refractivity contribution in [3.8, 4) is 40.2 Å². The molecule has 2 N–H and O–H groups in total. The van der Waals surface area contributed by atoms with Gasteiger partial charge in [-0.25, -0.2) is 0 Å². The van der Waals surface area contributed by atoms with Gasteiger partial charge in [0.15, 0.2) is 23.0 Å². The second kappa shape index (κ2) is 13.1. The number of benzene rings is 5. The lowest BCUT2D eigenvalue weighted by atomic mass is 9.70. The van der Waals surface area contributed by atoms with E-state index in [1.54, 1.807) is 19.2 Å². The van der Waals surface area contributed by atoms with E-state index in [2.05, 4.69) is 0 Å². The van der Waals surface area contributed by atoms with Crippen LogP contribution in [0.15, 0.2) is 109 Å². The smallest absolute Gasteiger partial charge is 0.312 e. The maximum absolute atomic E-state index is 12.3. The number of ether oxygens (including phenoxy) is 5. The molecule has 2 aliphatic rings. The molecule has 0 fully saturated rings. The van der Waals surface area contributed by atoms with Crippen molar-refractivity contribution in [1.29, 1.82) is 0 Å². The molecule has 5 aromatic carbocycles. The summed E-state index contributed by atoms with van der Waals surface area (Å²) >= 11 is 0. The molecule has 2 heterocycles. The molecular formula is C39H36O8. The van der Waals surface area contributed by atoms with Gasteiger partial charge in [-0.2, -0.15) is 0 Å². The molecule has 5 aromatic rings. The lowest BCUT2D eigenvalue weighted by Gasteiger charge is -2.37. The summed E-state index contributed by atoms with van der Waals surface area (Å²) in [5, 5.41) is 20.8. The molecule has 0 saturated heterocycles. The Bertz CT molecular complexity index is 1900. The number of methoxy groups -OCH3 is 2. The van der Waals surface area contributed by atoms with Gasteiger partial charge in [-0.15, -0.1) is 0 Å². The van der Waals surface area contributed by atoms with Gasteiger partial charge >= 0.3 is 5.97 Å². The second-order valence-corrected chi connectivity index (χ2v) is 11.8. The molecule has 0 aromatic heterocycles. The van der Waals surface area contributed by atoms with Crippen molar-refractivity contribution in [3.05, 3.63) is 137 Å². The highest BCUT2D eigenvalue weighted by molar-refractivity contribution is 5.79. The Morgan fingerprint density at radius 3 is 2.02 bits per heavy atom. The van der Waals surface area contributed by atoms with Crippen molar-refractivity contribution in [2.45, 2.75) is 32.5 Å². The molecule has 8 nitrogen and oxygen atoms in total. The van der Waals surface area contributed by atoms with Gasteiger partial charge in [0.2, 0.25) is 0 Å². The van der Waals surface area contributed by atoms with Gasteiger partial charge in [-0.05, 0) is 55.8 Å². The number of hydrogen-bond donors (Lipinski definition) is 2. The predicted octanol–water partition coefficient (Wildman–Crippen LogP) is 8.29. The van der Waals surface area contributed by atoms with Crippen molar-refractivity contribution >= 4 is 5.97 Å². The second-order valence-electron chi connectivity index (χ2n) is 11.8. The predicted molar refractivity (Wildman–Crippen MR) is 177 cm³/mol. The first kappa shape index (κ1) is 31.5. The third kappa shape index (κ3) is 6.07. The summed E-state index contributed by atoms with van der Waals surface area (Å²) in [6.07, 6.45) is -0.718. The molecule has 240 valence electrons. The molecule has 0 radical (unpaired) electrons. The molecule has 0 saturated carbocycles. The van der Waals surface area contributed by atoms with Crippen LogP contribution in [-0.4, -0.2) is 30.4 Å². The SMILES string of the molecule is COC(=O)C(C)(C)C1c2ccccc2Oc2c(O)cccc21.COc1ccc(COc2cccc3c2Oc2ccccc2C3O)cc1. The quantitative estimate of drug-likeness (QED) is 0.180. The number of aliphatic hydroxyl groups is 1. The summed E-state index contributed by atoms with van der Waals surface area (Å²) in [6.45, 7) is 4.10. The van der Waals surface area contributed by atoms with Crippen molar-refractivity contribution < 1.29 is 38.7 Å². The lowest BCUT2D eigenvalue weighted by Crippen LogP contribution is -2.34. The Hall–Kier alpha value is -5.47. The van der Waals surface area contributed by atoms with Gasteiger partial charge in [-0.1, -0.05) is 72.8 Å². The van der Waals surface area contributed by atoms with Crippen LogP contribution < -0.4 is 18.9 Å². The first-order valence-corrected chi connectivity index (χ1v) is 15.2. The number of phenols is 1. The van der Waals surface area contributed by atoms with E-state index in [0.29, 0.717) is 40.9 Å². The minimum absolute atomic E-state index is 0.0673. The van der Waals surface area contributed by atoms with E-state index >= 15 is 0 Å². The number of rotatable bonds is 6. The molecule has 8 heteroatoms. The van der Waals surface area contributed by atoms with Gasteiger partial charge in [0.05, 0.1) is 19.6 Å². The van der Waals surface area contributed by atoms with Gasteiger partial charge < -0.3 is 33.9 Å². The van der Waals surface area contributed by atoms with Crippen LogP contribution in [0.1, 0.15) is 53.7 Å². The average molecular weight is 633 g/mol. The van der Waals surface area contributed by atoms with Gasteiger partial charge in [0, 0.05) is 28.2 Å². The van der Waals surface area contributed by atoms with Crippen LogP contribution in [0.2, 0.25) is 0 Å². The van der Waals surface area contributed by atoms with Gasteiger partial charge in [0.1, 0.15) is 30.0 Å². The third-order valence-corrected chi connectivity index (χ3v) is 8.49. The van der Waals surface area contributed by atoms with E-state index in [-0.39, 0.29) is 17.6 Å². The van der Waals surface area contributed by atoms with E-state index in [0.717, 1.165) is 28.0 Å². The fourth-order valence-corrected chi connectivity index (χ4v) is 6.06. The molecule has 0 amide bonds. The van der Waals surface area contributed by atoms with Crippen molar-refractivity contribution in [2.75, 3.05) is 14.2 Å². The molecule has 0 spiro atoms. The summed E-state index contributed by atoms with van der Waals surface area (Å²) in [7, 11) is 3.03. The highest BCUT2D eigenvalue weighted by Crippen LogP contribution is 2.54. The van der Waals surface area contributed by atoms with E-state index in [4.69, 9.17) is 23.7 Å². The molecule has 2 unspecified atom stereocenters. The Labute approximate surface area is 273 Å². The fourth-order valence-electron chi connectivity index (χ4n) is 6.06. The van der Waals surface area contributed by atoms with Gasteiger partial charge in [0.25, 0.3) is 0 Å². The summed E-state index contributed by atoms with van der Waals surface area (Å²) in [6, 6.07) is 33.5. The van der Waals surface area contributed by atoms with E-state index in [9.17, 15) is 15.0 Å². The number of aliphatic hydroxyl groups excluding tert-OH is 1. The van der Waals surface area contributed by atoms with E-state index < -0.39 is 11.5 Å². The number of para-hydroxylation sites is 4. The van der Waals surface area contributed by atoms with Crippen LogP contribution in [0.4, 0.5) is 0 Å². The Kier molecular flexibility index (Phi) is 8.78. The summed E-state index contributed by atoms with van der Waals surface area (Å²) in [5.41, 5.74) is 3.41. The Morgan fingerprint density at radius 2 is 1.32 bits per heavy atom. The summed E-state index contributed by atoms with van der Waals surface area (Å²) in [4.78, 5) is 12.3. The number of carbonyl (C=O) groups is 1. The minimum atomic E-state index is -0.794. The number of aromatic hydroxyl groups is 1. The normalized spacial score (nSPS) is 15.5. The zero-order valence-electron chi connectivity index (χ0n) is 26.6. The Balaban J connectivity index is 0.000000166. The highest BCUT2D eigenvalue weighted by Gasteiger charge is 2.44. The summed E-state index contributed by atoms with van der Waals surface area (Å²) in [5.74, 6) is 3.21. The maximum atomic E-state index is 12.3. The summed E-state index contributed by atoms with van der Waals surface area (Å²) < 4.78 is 27.9. The number of carbonyl (C=O) groups excluding carboxylic acids is 1. The van der Waals surface area contributed by atoms with Crippen LogP contribution in [0.3, 0.4) is 0 Å². The van der Waals surface area contributed by atoms with Crippen LogP contribution in [0.25, 0.3) is 0 Å². The lowest BCUT2D eigenvalue weighted by molar-refractivity contribution is -0.151. The molecule has 47 heavy (non-hydrogen) atoms. The molecule has 2 aliphatic heterocycles. The molecule has 0 bridgehead atoms. The van der Waals surface area contributed by atoms with Crippen LogP contribution >= 0.6 is 0 Å². The zero-order valence-corrected chi connectivity index (χ0v) is 26.6. The number of fused-ring (bicyclic) bond motifs is 4. The van der Waals surface area contributed by atoms with Crippen molar-refractivity contribution in [2.24, 2.45) is 5.41 Å². The van der Waals surface area contributed by atoms with Gasteiger partial charge in [-0.3, -0.25) is 4.79 Å². The maximum Gasteiger partial charge on any atom is 0.312 e. The number of hydrogen-bond acceptors (Lipinski definition) is 8. The first-order chi connectivity index (χ1) is 22.7. The van der Waals surface area contributed by atoms with Crippen molar-refractivity contribution in [3.63, 3.8) is 0 Å². The number of esters is 1. The van der Waals surface area contributed by atoms with E-state index in [1.807, 2.05) is 111 Å². The largest absolute Gasteiger partial charge is 0.504 e. The molecular weight excluding hydrogens is 596 g/mol. The van der Waals surface area contributed by atoms with Crippen LogP contribution in [0, 0.1) is 5.41 Å². The Morgan fingerprint density at radius 1 is 0.723 bits per heavy atom. The standard InChI is InChI=1S/C21H18O4.C18H18O4/c1-23-15-11-9-14(10-12-15)13-24-19-8-4-6-17-20(22)16-5-2-3-7-18(16)25-21(17)19;1-18(2,17(20)21-3)15-11-7-4-5-10-14(11)22-16-12(15)8-6-9-13(16)19/h2-12,20,22H,13H2,1H3;4-10,15,19H,1-3H3. The molecule has 2 atom stereocenters. The number of phenolic OH excluding ortho intramolecular Hbond substituents is 1. The topological polar surface area (TPSA) is 104 Å². The minimum Gasteiger partial charge on any atom is -0.504 e. The fraction of sp³-hybridized carbons (Fsp3) is 0.205. The average Bonchev–Trinajstić information content (AvgIpc) is 3.10. The van der Waals surface area contributed by atoms with E-state index in [1.165, 1.54) is 7.11 Å². The van der Waals surface area contributed by atoms with Crippen molar-refractivity contribution in [1.82, 2.24) is 0 Å². The first-order valence-electron chi connectivity index (χ1n) is 15.2. The molecule has 0 aliphatic carbocycles. The van der Waals surface area contributed by atoms with Crippen LogP contribution in [-0.2, 0) is 16.1 Å². The zero-order chi connectivity index (χ0) is 33.1. The highest BCUT2D eigenvalue weighted by atomic mass is 16.5. The third-order valence-electron chi connectivity index (χ3n) is 8.49. The molecule has 7 rings (SSSR count). The monoisotopic (exact) mass is 632 g/mol.